The number of aryl methyl sites for hydroxylation is 1. The summed E-state index contributed by atoms with van der Waals surface area (Å²) in [5.41, 5.74) is 6.72. The summed E-state index contributed by atoms with van der Waals surface area (Å²) in [6.45, 7) is 6.50. The average Bonchev–Trinajstić information content (AvgIpc) is 2.76. The van der Waals surface area contributed by atoms with E-state index in [9.17, 15) is 0 Å². The molecule has 0 aromatic heterocycles. The second kappa shape index (κ2) is 8.51. The highest BCUT2D eigenvalue weighted by Crippen LogP contribution is 2.31. The molecule has 0 spiro atoms. The van der Waals surface area contributed by atoms with Gasteiger partial charge in [-0.05, 0) is 34.2 Å². The molecule has 2 nitrogen and oxygen atoms in total. The van der Waals surface area contributed by atoms with Gasteiger partial charge in [-0.15, -0.1) is 0 Å². The summed E-state index contributed by atoms with van der Waals surface area (Å²) in [5, 5.41) is 3.48. The lowest BCUT2D eigenvalue weighted by Crippen LogP contribution is -2.45. The molecule has 1 aliphatic rings. The highest BCUT2D eigenvalue weighted by molar-refractivity contribution is 5.63. The minimum absolute atomic E-state index is 0.322. The van der Waals surface area contributed by atoms with E-state index in [4.69, 9.17) is 0 Å². The van der Waals surface area contributed by atoms with E-state index in [0.717, 1.165) is 32.6 Å². The number of hydrogen-bond acceptors (Lipinski definition) is 2. The number of rotatable bonds is 5. The van der Waals surface area contributed by atoms with Gasteiger partial charge in [0.2, 0.25) is 0 Å². The molecule has 0 amide bonds. The van der Waals surface area contributed by atoms with E-state index in [1.54, 1.807) is 0 Å². The molecule has 1 atom stereocenters. The van der Waals surface area contributed by atoms with Gasteiger partial charge in [0.1, 0.15) is 0 Å². The van der Waals surface area contributed by atoms with E-state index >= 15 is 0 Å². The molecule has 3 aromatic carbocycles. The summed E-state index contributed by atoms with van der Waals surface area (Å²) in [6, 6.07) is 29.3. The number of benzene rings is 3. The average molecular weight is 357 g/mol. The molecule has 1 heterocycles. The van der Waals surface area contributed by atoms with Crippen molar-refractivity contribution in [3.63, 3.8) is 0 Å². The minimum Gasteiger partial charge on any atom is -0.314 e. The van der Waals surface area contributed by atoms with Crippen molar-refractivity contribution in [2.24, 2.45) is 0 Å². The number of hydrogen-bond donors (Lipinski definition) is 1. The van der Waals surface area contributed by atoms with Gasteiger partial charge in [-0.3, -0.25) is 4.90 Å². The molecule has 4 rings (SSSR count). The van der Waals surface area contributed by atoms with E-state index in [1.165, 1.54) is 27.8 Å². The molecule has 3 aromatic rings. The number of nitrogens with zero attached hydrogens (tertiary/aromatic N) is 1. The van der Waals surface area contributed by atoms with Crippen LogP contribution in [-0.4, -0.2) is 31.1 Å². The number of nitrogens with one attached hydrogen (secondary N) is 1. The van der Waals surface area contributed by atoms with Crippen LogP contribution in [0.2, 0.25) is 0 Å². The van der Waals surface area contributed by atoms with Crippen LogP contribution in [0.15, 0.2) is 78.9 Å². The predicted octanol–water partition coefficient (Wildman–Crippen LogP) is 4.91. The Balaban J connectivity index is 1.67. The van der Waals surface area contributed by atoms with Gasteiger partial charge in [0, 0.05) is 26.2 Å². The molecule has 138 valence electrons. The van der Waals surface area contributed by atoms with Crippen molar-refractivity contribution in [2.45, 2.75) is 19.4 Å². The second-order valence-electron chi connectivity index (χ2n) is 7.27. The maximum Gasteiger partial charge on any atom is 0.0602 e. The monoisotopic (exact) mass is 356 g/mol. The topological polar surface area (TPSA) is 15.3 Å². The van der Waals surface area contributed by atoms with Crippen LogP contribution in [0.3, 0.4) is 0 Å². The molecule has 0 aliphatic carbocycles. The first-order valence-corrected chi connectivity index (χ1v) is 10.0. The zero-order chi connectivity index (χ0) is 18.5. The summed E-state index contributed by atoms with van der Waals surface area (Å²) in [7, 11) is 0. The Hall–Kier alpha value is -2.42. The molecule has 0 radical (unpaired) electrons. The standard InChI is InChI=1S/C25H28N2/c1-2-20-8-10-23(11-9-20)25(27-18-16-26-17-19-27)24-14-12-22(13-15-24)21-6-4-3-5-7-21/h3-15,25-26H,2,16-19H2,1H3. The van der Waals surface area contributed by atoms with Crippen LogP contribution in [0.1, 0.15) is 29.7 Å². The van der Waals surface area contributed by atoms with Crippen molar-refractivity contribution in [3.8, 4) is 11.1 Å². The summed E-state index contributed by atoms with van der Waals surface area (Å²) in [5.74, 6) is 0. The Kier molecular flexibility index (Phi) is 5.66. The molecular formula is C25H28N2. The van der Waals surface area contributed by atoms with Crippen LogP contribution < -0.4 is 5.32 Å². The van der Waals surface area contributed by atoms with Gasteiger partial charge >= 0.3 is 0 Å². The first kappa shape index (κ1) is 18.0. The lowest BCUT2D eigenvalue weighted by Gasteiger charge is -2.35. The van der Waals surface area contributed by atoms with Crippen molar-refractivity contribution < 1.29 is 0 Å². The van der Waals surface area contributed by atoms with Crippen molar-refractivity contribution in [3.05, 3.63) is 95.6 Å². The molecule has 2 heteroatoms. The van der Waals surface area contributed by atoms with Crippen molar-refractivity contribution in [1.29, 1.82) is 0 Å². The van der Waals surface area contributed by atoms with Gasteiger partial charge in [0.15, 0.2) is 0 Å². The Labute approximate surface area is 162 Å². The normalized spacial score (nSPS) is 16.2. The van der Waals surface area contributed by atoms with E-state index in [1.807, 2.05) is 0 Å². The van der Waals surface area contributed by atoms with Gasteiger partial charge in [-0.1, -0.05) is 85.8 Å². The molecule has 27 heavy (non-hydrogen) atoms. The third kappa shape index (κ3) is 4.13. The van der Waals surface area contributed by atoms with Gasteiger partial charge in [0.05, 0.1) is 6.04 Å². The highest BCUT2D eigenvalue weighted by atomic mass is 15.2. The maximum absolute atomic E-state index is 3.48. The van der Waals surface area contributed by atoms with Gasteiger partial charge < -0.3 is 5.32 Å². The van der Waals surface area contributed by atoms with Crippen LogP contribution in [0.5, 0.6) is 0 Å². The molecule has 1 unspecified atom stereocenters. The predicted molar refractivity (Wildman–Crippen MR) is 114 cm³/mol. The molecule has 1 saturated heterocycles. The van der Waals surface area contributed by atoms with Gasteiger partial charge in [-0.25, -0.2) is 0 Å². The molecule has 1 aliphatic heterocycles. The third-order valence-electron chi connectivity index (χ3n) is 5.55. The van der Waals surface area contributed by atoms with E-state index < -0.39 is 0 Å². The Morgan fingerprint density at radius 2 is 1.30 bits per heavy atom. The smallest absolute Gasteiger partial charge is 0.0602 e. The summed E-state index contributed by atoms with van der Waals surface area (Å²) in [6.07, 6.45) is 1.09. The van der Waals surface area contributed by atoms with E-state index in [0.29, 0.717) is 6.04 Å². The largest absolute Gasteiger partial charge is 0.314 e. The fraction of sp³-hybridized carbons (Fsp3) is 0.280. The van der Waals surface area contributed by atoms with E-state index in [2.05, 4.69) is 96.0 Å². The maximum atomic E-state index is 3.48. The van der Waals surface area contributed by atoms with Crippen molar-refractivity contribution in [1.82, 2.24) is 10.2 Å². The Bertz CT molecular complexity index is 832. The van der Waals surface area contributed by atoms with Crippen LogP contribution >= 0.6 is 0 Å². The zero-order valence-corrected chi connectivity index (χ0v) is 16.1. The highest BCUT2D eigenvalue weighted by Gasteiger charge is 2.23. The molecule has 0 bridgehead atoms. The minimum atomic E-state index is 0.322. The molecular weight excluding hydrogens is 328 g/mol. The fourth-order valence-electron chi connectivity index (χ4n) is 3.98. The van der Waals surface area contributed by atoms with Crippen LogP contribution in [0.25, 0.3) is 11.1 Å². The lowest BCUT2D eigenvalue weighted by molar-refractivity contribution is 0.198. The summed E-state index contributed by atoms with van der Waals surface area (Å²) in [4.78, 5) is 2.61. The quantitative estimate of drug-likeness (QED) is 0.699. The zero-order valence-electron chi connectivity index (χ0n) is 16.1. The molecule has 1 fully saturated rings. The SMILES string of the molecule is CCc1ccc(C(c2ccc(-c3ccccc3)cc2)N2CCNCC2)cc1. The van der Waals surface area contributed by atoms with Crippen LogP contribution in [0, 0.1) is 0 Å². The Morgan fingerprint density at radius 1 is 0.741 bits per heavy atom. The lowest BCUT2D eigenvalue weighted by atomic mass is 9.93. The van der Waals surface area contributed by atoms with Gasteiger partial charge in [0.25, 0.3) is 0 Å². The third-order valence-corrected chi connectivity index (χ3v) is 5.55. The van der Waals surface area contributed by atoms with Crippen molar-refractivity contribution in [2.75, 3.05) is 26.2 Å². The fourth-order valence-corrected chi connectivity index (χ4v) is 3.98. The first-order valence-electron chi connectivity index (χ1n) is 10.0. The van der Waals surface area contributed by atoms with E-state index in [-0.39, 0.29) is 0 Å². The molecule has 1 N–H and O–H groups in total. The summed E-state index contributed by atoms with van der Waals surface area (Å²) < 4.78 is 0. The van der Waals surface area contributed by atoms with Gasteiger partial charge in [-0.2, -0.15) is 0 Å². The number of piperazine rings is 1. The summed E-state index contributed by atoms with van der Waals surface area (Å²) >= 11 is 0. The second-order valence-corrected chi connectivity index (χ2v) is 7.27. The van der Waals surface area contributed by atoms with Crippen LogP contribution in [0.4, 0.5) is 0 Å². The van der Waals surface area contributed by atoms with Crippen LogP contribution in [-0.2, 0) is 6.42 Å². The van der Waals surface area contributed by atoms with Crippen molar-refractivity contribution >= 4 is 0 Å². The Morgan fingerprint density at radius 3 is 1.89 bits per heavy atom. The molecule has 0 saturated carbocycles. The first-order chi connectivity index (χ1) is 13.3.